The summed E-state index contributed by atoms with van der Waals surface area (Å²) in [5.74, 6) is 0.448. The van der Waals surface area contributed by atoms with E-state index in [1.165, 1.54) is 5.56 Å². The van der Waals surface area contributed by atoms with Gasteiger partial charge in [-0.3, -0.25) is 9.59 Å². The molecule has 142 valence electrons. The molecule has 1 spiro atoms. The van der Waals surface area contributed by atoms with Crippen LogP contribution < -0.4 is 5.32 Å². The third-order valence-corrected chi connectivity index (χ3v) is 5.95. The zero-order chi connectivity index (χ0) is 18.7. The summed E-state index contributed by atoms with van der Waals surface area (Å²) in [6.07, 6.45) is 2.16. The van der Waals surface area contributed by atoms with Crippen molar-refractivity contribution in [2.24, 2.45) is 11.3 Å². The number of ether oxygens (including phenoxy) is 1. The minimum atomic E-state index is -0.174. The fourth-order valence-corrected chi connectivity index (χ4v) is 4.21. The van der Waals surface area contributed by atoms with E-state index in [0.29, 0.717) is 38.6 Å². The van der Waals surface area contributed by atoms with Crippen LogP contribution >= 0.6 is 0 Å². The fraction of sp³-hybridized carbons (Fsp3) is 0.619. The number of likely N-dealkylation sites (tertiary alicyclic amines) is 1. The number of anilines is 1. The average Bonchev–Trinajstić information content (AvgIpc) is 3.01. The van der Waals surface area contributed by atoms with E-state index in [1.54, 1.807) is 0 Å². The van der Waals surface area contributed by atoms with Crippen LogP contribution in [0.3, 0.4) is 0 Å². The minimum absolute atomic E-state index is 0.0237. The largest absolute Gasteiger partial charge is 0.381 e. The van der Waals surface area contributed by atoms with Gasteiger partial charge in [0.25, 0.3) is 0 Å². The number of carbonyl (C=O) groups is 2. The Bertz CT molecular complexity index is 648. The van der Waals surface area contributed by atoms with Crippen LogP contribution in [0.15, 0.2) is 24.3 Å². The van der Waals surface area contributed by atoms with Gasteiger partial charge in [0.15, 0.2) is 0 Å². The van der Waals surface area contributed by atoms with E-state index >= 15 is 0 Å². The smallest absolute Gasteiger partial charge is 0.229 e. The highest BCUT2D eigenvalue weighted by molar-refractivity contribution is 5.94. The van der Waals surface area contributed by atoms with Gasteiger partial charge in [0.05, 0.1) is 5.92 Å². The first-order chi connectivity index (χ1) is 12.4. The van der Waals surface area contributed by atoms with Crippen molar-refractivity contribution >= 4 is 17.5 Å². The molecule has 2 heterocycles. The maximum absolute atomic E-state index is 13.1. The van der Waals surface area contributed by atoms with Crippen molar-refractivity contribution in [1.82, 2.24) is 4.90 Å². The second-order valence-electron chi connectivity index (χ2n) is 7.92. The van der Waals surface area contributed by atoms with Crippen LogP contribution in [-0.4, -0.2) is 43.0 Å². The molecule has 2 aliphatic rings. The number of hydrogen-bond acceptors (Lipinski definition) is 3. The van der Waals surface area contributed by atoms with E-state index in [4.69, 9.17) is 4.74 Å². The molecule has 2 saturated heterocycles. The van der Waals surface area contributed by atoms with E-state index in [0.717, 1.165) is 18.5 Å². The molecule has 26 heavy (non-hydrogen) atoms. The predicted molar refractivity (Wildman–Crippen MR) is 102 cm³/mol. The molecule has 5 nitrogen and oxygen atoms in total. The molecule has 1 unspecified atom stereocenters. The van der Waals surface area contributed by atoms with Crippen LogP contribution in [0.1, 0.15) is 51.5 Å². The van der Waals surface area contributed by atoms with Gasteiger partial charge in [-0.05, 0) is 36.5 Å². The van der Waals surface area contributed by atoms with Crippen molar-refractivity contribution in [2.75, 3.05) is 31.6 Å². The molecule has 5 heteroatoms. The summed E-state index contributed by atoms with van der Waals surface area (Å²) in [6.45, 7) is 8.71. The molecule has 0 aliphatic carbocycles. The average molecular weight is 358 g/mol. The van der Waals surface area contributed by atoms with Crippen molar-refractivity contribution in [3.8, 4) is 0 Å². The normalized spacial score (nSPS) is 22.0. The zero-order valence-electron chi connectivity index (χ0n) is 16.1. The van der Waals surface area contributed by atoms with Crippen molar-refractivity contribution in [1.29, 1.82) is 0 Å². The van der Waals surface area contributed by atoms with Gasteiger partial charge < -0.3 is 15.0 Å². The van der Waals surface area contributed by atoms with E-state index in [2.05, 4.69) is 31.3 Å². The summed E-state index contributed by atoms with van der Waals surface area (Å²) in [6, 6.07) is 8.06. The van der Waals surface area contributed by atoms with E-state index in [-0.39, 0.29) is 23.1 Å². The highest BCUT2D eigenvalue weighted by Gasteiger charge is 2.51. The summed E-state index contributed by atoms with van der Waals surface area (Å²) in [5.41, 5.74) is 1.93. The Balaban J connectivity index is 1.75. The lowest BCUT2D eigenvalue weighted by Crippen LogP contribution is -2.42. The van der Waals surface area contributed by atoms with Crippen molar-refractivity contribution in [3.05, 3.63) is 29.8 Å². The van der Waals surface area contributed by atoms with E-state index in [1.807, 2.05) is 24.0 Å². The Morgan fingerprint density at radius 2 is 1.88 bits per heavy atom. The molecule has 0 radical (unpaired) electrons. The van der Waals surface area contributed by atoms with E-state index < -0.39 is 0 Å². The third-order valence-electron chi connectivity index (χ3n) is 5.95. The molecule has 1 aromatic carbocycles. The van der Waals surface area contributed by atoms with Gasteiger partial charge in [-0.2, -0.15) is 0 Å². The highest BCUT2D eigenvalue weighted by atomic mass is 16.5. The Hall–Kier alpha value is -1.88. The molecule has 0 bridgehead atoms. The number of carbonyl (C=O) groups excluding carboxylic acids is 2. The standard InChI is InChI=1S/C21H30N2O3/c1-4-19(24)23-13-18(21(14-23)9-11-26-12-10-21)20(25)22-17-7-5-16(6-8-17)15(2)3/h5-8,15,18H,4,9-14H2,1-3H3,(H,22,25). The zero-order valence-corrected chi connectivity index (χ0v) is 16.1. The van der Waals surface area contributed by atoms with Gasteiger partial charge in [0.1, 0.15) is 0 Å². The van der Waals surface area contributed by atoms with Crippen LogP contribution in [-0.2, 0) is 14.3 Å². The molecule has 2 amide bonds. The lowest BCUT2D eigenvalue weighted by atomic mass is 9.71. The van der Waals surface area contributed by atoms with Crippen LogP contribution in [0.25, 0.3) is 0 Å². The molecule has 1 aromatic rings. The monoisotopic (exact) mass is 358 g/mol. The molecular weight excluding hydrogens is 328 g/mol. The molecule has 2 fully saturated rings. The second kappa shape index (κ2) is 7.78. The molecule has 0 aromatic heterocycles. The Morgan fingerprint density at radius 1 is 1.23 bits per heavy atom. The SMILES string of the molecule is CCC(=O)N1CC(C(=O)Nc2ccc(C(C)C)cc2)C2(CCOCC2)C1. The van der Waals surface area contributed by atoms with Crippen LogP contribution in [0.4, 0.5) is 5.69 Å². The maximum Gasteiger partial charge on any atom is 0.229 e. The van der Waals surface area contributed by atoms with Crippen LogP contribution in [0.5, 0.6) is 0 Å². The number of benzene rings is 1. The van der Waals surface area contributed by atoms with Gasteiger partial charge in [-0.15, -0.1) is 0 Å². The first-order valence-electron chi connectivity index (χ1n) is 9.71. The van der Waals surface area contributed by atoms with Crippen LogP contribution in [0, 0.1) is 11.3 Å². The van der Waals surface area contributed by atoms with Gasteiger partial charge >= 0.3 is 0 Å². The molecule has 3 rings (SSSR count). The number of hydrogen-bond donors (Lipinski definition) is 1. The lowest BCUT2D eigenvalue weighted by Gasteiger charge is -2.37. The third kappa shape index (κ3) is 3.78. The lowest BCUT2D eigenvalue weighted by molar-refractivity contribution is -0.130. The van der Waals surface area contributed by atoms with Crippen molar-refractivity contribution < 1.29 is 14.3 Å². The number of amides is 2. The molecule has 2 aliphatic heterocycles. The predicted octanol–water partition coefficient (Wildman–Crippen LogP) is 3.41. The first kappa shape index (κ1) is 18.9. The number of nitrogens with zero attached hydrogens (tertiary/aromatic N) is 1. The Labute approximate surface area is 156 Å². The summed E-state index contributed by atoms with van der Waals surface area (Å²) in [4.78, 5) is 27.2. The second-order valence-corrected chi connectivity index (χ2v) is 7.92. The van der Waals surface area contributed by atoms with Crippen molar-refractivity contribution in [2.45, 2.75) is 46.0 Å². The minimum Gasteiger partial charge on any atom is -0.381 e. The topological polar surface area (TPSA) is 58.6 Å². The number of rotatable bonds is 4. The number of nitrogens with one attached hydrogen (secondary N) is 1. The summed E-state index contributed by atoms with van der Waals surface area (Å²) >= 11 is 0. The van der Waals surface area contributed by atoms with Crippen LogP contribution in [0.2, 0.25) is 0 Å². The van der Waals surface area contributed by atoms with Gasteiger partial charge in [0, 0.05) is 43.8 Å². The molecule has 0 saturated carbocycles. The fourth-order valence-electron chi connectivity index (χ4n) is 4.21. The maximum atomic E-state index is 13.1. The summed E-state index contributed by atoms with van der Waals surface area (Å²) < 4.78 is 5.52. The highest BCUT2D eigenvalue weighted by Crippen LogP contribution is 2.45. The Morgan fingerprint density at radius 3 is 2.46 bits per heavy atom. The molecule has 1 atom stereocenters. The quantitative estimate of drug-likeness (QED) is 0.897. The van der Waals surface area contributed by atoms with Gasteiger partial charge in [0.2, 0.25) is 11.8 Å². The summed E-state index contributed by atoms with van der Waals surface area (Å²) in [5, 5.41) is 3.08. The van der Waals surface area contributed by atoms with Crippen molar-refractivity contribution in [3.63, 3.8) is 0 Å². The Kier molecular flexibility index (Phi) is 5.66. The van der Waals surface area contributed by atoms with Gasteiger partial charge in [-0.1, -0.05) is 32.9 Å². The van der Waals surface area contributed by atoms with Gasteiger partial charge in [-0.25, -0.2) is 0 Å². The molecule has 1 N–H and O–H groups in total. The summed E-state index contributed by atoms with van der Waals surface area (Å²) in [7, 11) is 0. The molecular formula is C21H30N2O3. The first-order valence-corrected chi connectivity index (χ1v) is 9.71. The van der Waals surface area contributed by atoms with E-state index in [9.17, 15) is 9.59 Å².